The van der Waals surface area contributed by atoms with E-state index in [2.05, 4.69) is 5.32 Å². The zero-order chi connectivity index (χ0) is 13.1. The first-order valence-electron chi connectivity index (χ1n) is 5.95. The molecule has 1 aromatic carbocycles. The number of hydrogen-bond acceptors (Lipinski definition) is 3. The number of nitrogens with one attached hydrogen (secondary N) is 1. The van der Waals surface area contributed by atoms with Crippen LogP contribution in [-0.4, -0.2) is 25.4 Å². The Balaban J connectivity index is 2.19. The Labute approximate surface area is 106 Å². The molecule has 5 heteroatoms. The molecule has 18 heavy (non-hydrogen) atoms. The van der Waals surface area contributed by atoms with Crippen molar-refractivity contribution in [1.82, 2.24) is 5.32 Å². The molecule has 2 rings (SSSR count). The van der Waals surface area contributed by atoms with Crippen LogP contribution in [0.25, 0.3) is 0 Å². The molecule has 0 aromatic heterocycles. The summed E-state index contributed by atoms with van der Waals surface area (Å²) in [7, 11) is 1.87. The van der Waals surface area contributed by atoms with Crippen molar-refractivity contribution in [3.05, 3.63) is 29.8 Å². The lowest BCUT2D eigenvalue weighted by molar-refractivity contribution is -0.123. The van der Waals surface area contributed by atoms with Gasteiger partial charge in [0.1, 0.15) is 0 Å². The maximum atomic E-state index is 11.9. The predicted molar refractivity (Wildman–Crippen MR) is 68.9 cm³/mol. The van der Waals surface area contributed by atoms with Gasteiger partial charge in [0, 0.05) is 25.2 Å². The highest BCUT2D eigenvalue weighted by atomic mass is 16.2. The quantitative estimate of drug-likeness (QED) is 0.800. The summed E-state index contributed by atoms with van der Waals surface area (Å²) < 4.78 is 0. The molecule has 3 N–H and O–H groups in total. The minimum absolute atomic E-state index is 0.0413. The lowest BCUT2D eigenvalue weighted by atomic mass is 10.1. The summed E-state index contributed by atoms with van der Waals surface area (Å²) in [5.74, 6) is -0.817. The zero-order valence-electron chi connectivity index (χ0n) is 10.3. The number of rotatable bonds is 4. The SMILES string of the molecule is CNCc1cccc(N2CC(C(N)=O)CC2=O)c1. The fourth-order valence-electron chi connectivity index (χ4n) is 2.19. The summed E-state index contributed by atoms with van der Waals surface area (Å²) in [5.41, 5.74) is 7.18. The van der Waals surface area contributed by atoms with Crippen LogP contribution in [0, 0.1) is 5.92 Å². The number of carbonyl (C=O) groups is 2. The third-order valence-corrected chi connectivity index (χ3v) is 3.13. The monoisotopic (exact) mass is 247 g/mol. The number of nitrogens with zero attached hydrogens (tertiary/aromatic N) is 1. The van der Waals surface area contributed by atoms with E-state index in [1.165, 1.54) is 0 Å². The summed E-state index contributed by atoms with van der Waals surface area (Å²) in [6.07, 6.45) is 0.214. The van der Waals surface area contributed by atoms with Crippen LogP contribution in [0.4, 0.5) is 5.69 Å². The van der Waals surface area contributed by atoms with E-state index in [1.54, 1.807) is 4.90 Å². The first-order chi connectivity index (χ1) is 8.61. The Bertz CT molecular complexity index is 473. The Morgan fingerprint density at radius 3 is 2.94 bits per heavy atom. The molecule has 1 aliphatic rings. The van der Waals surface area contributed by atoms with Crippen molar-refractivity contribution >= 4 is 17.5 Å². The van der Waals surface area contributed by atoms with Crippen LogP contribution in [0.3, 0.4) is 0 Å². The highest BCUT2D eigenvalue weighted by molar-refractivity contribution is 6.00. The maximum Gasteiger partial charge on any atom is 0.227 e. The number of nitrogens with two attached hydrogens (primary N) is 1. The first-order valence-corrected chi connectivity index (χ1v) is 5.95. The summed E-state index contributed by atoms with van der Waals surface area (Å²) >= 11 is 0. The zero-order valence-corrected chi connectivity index (χ0v) is 10.3. The summed E-state index contributed by atoms with van der Waals surface area (Å²) in [4.78, 5) is 24.6. The molecule has 1 aromatic rings. The number of hydrogen-bond donors (Lipinski definition) is 2. The van der Waals surface area contributed by atoms with Gasteiger partial charge in [0.05, 0.1) is 5.92 Å². The van der Waals surface area contributed by atoms with Crippen LogP contribution in [0.2, 0.25) is 0 Å². The predicted octanol–water partition coefficient (Wildman–Crippen LogP) is 0.244. The Kier molecular flexibility index (Phi) is 3.62. The molecule has 1 atom stereocenters. The van der Waals surface area contributed by atoms with Crippen LogP contribution in [-0.2, 0) is 16.1 Å². The lowest BCUT2D eigenvalue weighted by Gasteiger charge is -2.17. The molecule has 0 radical (unpaired) electrons. The number of benzene rings is 1. The van der Waals surface area contributed by atoms with E-state index in [1.807, 2.05) is 31.3 Å². The summed E-state index contributed by atoms with van der Waals surface area (Å²) in [5, 5.41) is 3.06. The second-order valence-corrected chi connectivity index (χ2v) is 4.51. The molecule has 1 unspecified atom stereocenters. The molecular weight excluding hydrogens is 230 g/mol. The van der Waals surface area contributed by atoms with Gasteiger partial charge in [-0.15, -0.1) is 0 Å². The van der Waals surface area contributed by atoms with E-state index in [9.17, 15) is 9.59 Å². The van der Waals surface area contributed by atoms with Crippen LogP contribution < -0.4 is 16.0 Å². The minimum Gasteiger partial charge on any atom is -0.369 e. The van der Waals surface area contributed by atoms with Crippen LogP contribution in [0.1, 0.15) is 12.0 Å². The topological polar surface area (TPSA) is 75.4 Å². The third-order valence-electron chi connectivity index (χ3n) is 3.13. The molecule has 1 heterocycles. The smallest absolute Gasteiger partial charge is 0.227 e. The van der Waals surface area contributed by atoms with Gasteiger partial charge in [-0.05, 0) is 24.7 Å². The van der Waals surface area contributed by atoms with Gasteiger partial charge in [-0.2, -0.15) is 0 Å². The maximum absolute atomic E-state index is 11.9. The van der Waals surface area contributed by atoms with E-state index in [0.29, 0.717) is 6.54 Å². The van der Waals surface area contributed by atoms with E-state index >= 15 is 0 Å². The molecule has 1 fully saturated rings. The number of anilines is 1. The van der Waals surface area contributed by atoms with Crippen LogP contribution in [0.5, 0.6) is 0 Å². The highest BCUT2D eigenvalue weighted by Crippen LogP contribution is 2.25. The number of primary amides is 1. The van der Waals surface area contributed by atoms with Crippen molar-refractivity contribution in [2.24, 2.45) is 11.7 Å². The normalized spacial score (nSPS) is 19.3. The van der Waals surface area contributed by atoms with E-state index in [0.717, 1.165) is 17.8 Å². The molecule has 1 saturated heterocycles. The molecule has 5 nitrogen and oxygen atoms in total. The van der Waals surface area contributed by atoms with Gasteiger partial charge >= 0.3 is 0 Å². The molecule has 1 aliphatic heterocycles. The van der Waals surface area contributed by atoms with Gasteiger partial charge in [0.15, 0.2) is 0 Å². The van der Waals surface area contributed by atoms with Crippen molar-refractivity contribution in [3.8, 4) is 0 Å². The Morgan fingerprint density at radius 2 is 2.33 bits per heavy atom. The second-order valence-electron chi connectivity index (χ2n) is 4.51. The standard InChI is InChI=1S/C13H17N3O2/c1-15-7-9-3-2-4-11(5-9)16-8-10(13(14)18)6-12(16)17/h2-5,10,15H,6-8H2,1H3,(H2,14,18). The van der Waals surface area contributed by atoms with Crippen molar-refractivity contribution in [1.29, 1.82) is 0 Å². The third kappa shape index (κ3) is 2.51. The van der Waals surface area contributed by atoms with Crippen molar-refractivity contribution in [3.63, 3.8) is 0 Å². The fraction of sp³-hybridized carbons (Fsp3) is 0.385. The van der Waals surface area contributed by atoms with Gasteiger partial charge in [0.2, 0.25) is 11.8 Å². The lowest BCUT2D eigenvalue weighted by Crippen LogP contribution is -2.28. The first kappa shape index (κ1) is 12.6. The van der Waals surface area contributed by atoms with Crippen LogP contribution in [0.15, 0.2) is 24.3 Å². The van der Waals surface area contributed by atoms with Gasteiger partial charge in [-0.25, -0.2) is 0 Å². The van der Waals surface area contributed by atoms with Gasteiger partial charge in [0.25, 0.3) is 0 Å². The number of carbonyl (C=O) groups excluding carboxylic acids is 2. The Hall–Kier alpha value is -1.88. The van der Waals surface area contributed by atoms with Gasteiger partial charge < -0.3 is 16.0 Å². The van der Waals surface area contributed by atoms with E-state index < -0.39 is 5.91 Å². The second kappa shape index (κ2) is 5.18. The number of amides is 2. The molecule has 0 bridgehead atoms. The Morgan fingerprint density at radius 1 is 1.56 bits per heavy atom. The summed E-state index contributed by atoms with van der Waals surface area (Å²) in [6.45, 7) is 1.13. The fourth-order valence-corrected chi connectivity index (χ4v) is 2.19. The summed E-state index contributed by atoms with van der Waals surface area (Å²) in [6, 6.07) is 7.73. The van der Waals surface area contributed by atoms with Crippen LogP contribution >= 0.6 is 0 Å². The average Bonchev–Trinajstić information content (AvgIpc) is 2.72. The van der Waals surface area contributed by atoms with Gasteiger partial charge in [-0.1, -0.05) is 12.1 Å². The minimum atomic E-state index is -0.405. The molecule has 0 aliphatic carbocycles. The van der Waals surface area contributed by atoms with Crippen molar-refractivity contribution < 1.29 is 9.59 Å². The molecular formula is C13H17N3O2. The van der Waals surface area contributed by atoms with E-state index in [-0.39, 0.29) is 18.2 Å². The average molecular weight is 247 g/mol. The molecule has 96 valence electrons. The molecule has 0 spiro atoms. The largest absolute Gasteiger partial charge is 0.369 e. The molecule has 2 amide bonds. The van der Waals surface area contributed by atoms with Gasteiger partial charge in [-0.3, -0.25) is 9.59 Å². The van der Waals surface area contributed by atoms with Crippen molar-refractivity contribution in [2.75, 3.05) is 18.5 Å². The molecule has 0 saturated carbocycles. The highest BCUT2D eigenvalue weighted by Gasteiger charge is 2.33. The van der Waals surface area contributed by atoms with E-state index in [4.69, 9.17) is 5.73 Å². The van der Waals surface area contributed by atoms with Crippen molar-refractivity contribution in [2.45, 2.75) is 13.0 Å².